The number of hydrogen-bond donors (Lipinski definition) is 2. The van der Waals surface area contributed by atoms with Crippen molar-refractivity contribution < 1.29 is 14.4 Å². The molecule has 0 atom stereocenters. The maximum absolute atomic E-state index is 13.0. The van der Waals surface area contributed by atoms with E-state index in [-0.39, 0.29) is 18.0 Å². The van der Waals surface area contributed by atoms with Crippen LogP contribution in [0, 0.1) is 15.9 Å². The summed E-state index contributed by atoms with van der Waals surface area (Å²) in [5.74, 6) is -0.655. The lowest BCUT2D eigenvalue weighted by Crippen LogP contribution is -2.05. The number of nitro benzene ring substituents is 1. The number of hydrogen-bond acceptors (Lipinski definition) is 4. The zero-order valence-corrected chi connectivity index (χ0v) is 10.5. The summed E-state index contributed by atoms with van der Waals surface area (Å²) in [6.45, 7) is 0.201. The van der Waals surface area contributed by atoms with Crippen molar-refractivity contribution in [1.82, 2.24) is 0 Å². The molecule has 2 aromatic carbocycles. The minimum Gasteiger partial charge on any atom is -0.392 e. The van der Waals surface area contributed by atoms with Gasteiger partial charge in [0.1, 0.15) is 11.5 Å². The van der Waals surface area contributed by atoms with Crippen molar-refractivity contribution in [2.75, 3.05) is 5.32 Å². The van der Waals surface area contributed by atoms with Crippen LogP contribution in [0.2, 0.25) is 0 Å². The molecule has 0 amide bonds. The molecule has 2 N–H and O–H groups in total. The Labute approximate surface area is 114 Å². The average Bonchev–Trinajstić information content (AvgIpc) is 2.46. The highest BCUT2D eigenvalue weighted by Gasteiger charge is 2.14. The van der Waals surface area contributed by atoms with Gasteiger partial charge < -0.3 is 10.4 Å². The molecular weight excluding hydrogens is 263 g/mol. The number of nitro groups is 1. The Kier molecular flexibility index (Phi) is 4.27. The summed E-state index contributed by atoms with van der Waals surface area (Å²) < 4.78 is 13.0. The first-order valence-corrected chi connectivity index (χ1v) is 5.97. The van der Waals surface area contributed by atoms with Crippen LogP contribution in [0.5, 0.6) is 0 Å². The molecule has 0 aliphatic heterocycles. The summed E-state index contributed by atoms with van der Waals surface area (Å²) in [5, 5.41) is 23.0. The lowest BCUT2D eigenvalue weighted by atomic mass is 10.1. The number of rotatable bonds is 5. The van der Waals surface area contributed by atoms with Gasteiger partial charge in [0.2, 0.25) is 0 Å². The molecule has 0 saturated carbocycles. The van der Waals surface area contributed by atoms with E-state index in [0.717, 1.165) is 23.3 Å². The van der Waals surface area contributed by atoms with Crippen molar-refractivity contribution in [3.8, 4) is 0 Å². The third kappa shape index (κ3) is 3.10. The molecule has 0 spiro atoms. The van der Waals surface area contributed by atoms with Gasteiger partial charge >= 0.3 is 0 Å². The Morgan fingerprint density at radius 3 is 2.55 bits per heavy atom. The highest BCUT2D eigenvalue weighted by molar-refractivity contribution is 5.61. The first-order chi connectivity index (χ1) is 9.61. The van der Waals surface area contributed by atoms with Crippen molar-refractivity contribution in [2.45, 2.75) is 13.2 Å². The van der Waals surface area contributed by atoms with E-state index in [0.29, 0.717) is 6.54 Å². The predicted octanol–water partition coefficient (Wildman–Crippen LogP) is 2.84. The average molecular weight is 276 g/mol. The minimum absolute atomic E-state index is 0.108. The quantitative estimate of drug-likeness (QED) is 0.650. The second-order valence-electron chi connectivity index (χ2n) is 4.20. The van der Waals surface area contributed by atoms with Gasteiger partial charge in [-0.15, -0.1) is 0 Å². The molecule has 0 radical (unpaired) electrons. The normalized spacial score (nSPS) is 10.3. The lowest BCUT2D eigenvalue weighted by Gasteiger charge is -2.10. The Balaban J connectivity index is 2.21. The number of nitrogens with zero attached hydrogens (tertiary/aromatic N) is 1. The van der Waals surface area contributed by atoms with Gasteiger partial charge in [-0.1, -0.05) is 24.3 Å². The fourth-order valence-electron chi connectivity index (χ4n) is 1.88. The van der Waals surface area contributed by atoms with Crippen LogP contribution in [0.4, 0.5) is 15.8 Å². The molecule has 0 bridgehead atoms. The van der Waals surface area contributed by atoms with Gasteiger partial charge in [0, 0.05) is 6.54 Å². The van der Waals surface area contributed by atoms with Crippen molar-refractivity contribution in [2.24, 2.45) is 0 Å². The van der Waals surface area contributed by atoms with Crippen LogP contribution in [-0.4, -0.2) is 10.0 Å². The van der Waals surface area contributed by atoms with Crippen molar-refractivity contribution in [1.29, 1.82) is 0 Å². The largest absolute Gasteiger partial charge is 0.392 e. The first kappa shape index (κ1) is 14.0. The van der Waals surface area contributed by atoms with Crippen LogP contribution in [-0.2, 0) is 13.2 Å². The van der Waals surface area contributed by atoms with Crippen molar-refractivity contribution in [3.05, 3.63) is 69.5 Å². The summed E-state index contributed by atoms with van der Waals surface area (Å²) in [6, 6.07) is 10.6. The zero-order chi connectivity index (χ0) is 14.5. The predicted molar refractivity (Wildman–Crippen MR) is 72.7 cm³/mol. The van der Waals surface area contributed by atoms with Crippen LogP contribution < -0.4 is 5.32 Å². The molecule has 0 aromatic heterocycles. The summed E-state index contributed by atoms with van der Waals surface area (Å²) in [4.78, 5) is 10.2. The number of aliphatic hydroxyl groups is 1. The number of nitrogens with one attached hydrogen (secondary N) is 1. The summed E-state index contributed by atoms with van der Waals surface area (Å²) in [7, 11) is 0. The van der Waals surface area contributed by atoms with E-state index in [1.807, 2.05) is 12.1 Å². The van der Waals surface area contributed by atoms with Crippen LogP contribution in [0.3, 0.4) is 0 Å². The fourth-order valence-corrected chi connectivity index (χ4v) is 1.88. The maximum Gasteiger partial charge on any atom is 0.295 e. The first-order valence-electron chi connectivity index (χ1n) is 5.97. The van der Waals surface area contributed by atoms with Crippen LogP contribution in [0.25, 0.3) is 0 Å². The number of anilines is 1. The van der Waals surface area contributed by atoms with Gasteiger partial charge in [-0.2, -0.15) is 0 Å². The topological polar surface area (TPSA) is 75.4 Å². The molecule has 0 aliphatic carbocycles. The number of benzene rings is 2. The molecule has 0 saturated heterocycles. The van der Waals surface area contributed by atoms with Crippen LogP contribution in [0.15, 0.2) is 42.5 Å². The summed E-state index contributed by atoms with van der Waals surface area (Å²) in [6.07, 6.45) is 0. The standard InChI is InChI=1S/C14H13FN2O3/c15-12-5-6-13(14(7-12)17(19)20)16-8-10-3-1-2-4-11(10)9-18/h1-7,16,18H,8-9H2. The lowest BCUT2D eigenvalue weighted by molar-refractivity contribution is -0.384. The van der Waals surface area contributed by atoms with E-state index in [2.05, 4.69) is 5.32 Å². The third-order valence-corrected chi connectivity index (χ3v) is 2.91. The van der Waals surface area contributed by atoms with Crippen LogP contribution >= 0.6 is 0 Å². The second-order valence-corrected chi connectivity index (χ2v) is 4.20. The molecule has 0 heterocycles. The fraction of sp³-hybridized carbons (Fsp3) is 0.143. The molecule has 20 heavy (non-hydrogen) atoms. The molecule has 2 aromatic rings. The van der Waals surface area contributed by atoms with Crippen molar-refractivity contribution in [3.63, 3.8) is 0 Å². The summed E-state index contributed by atoms with van der Waals surface area (Å²) in [5.41, 5.74) is 1.49. The third-order valence-electron chi connectivity index (χ3n) is 2.91. The number of halogens is 1. The molecular formula is C14H13FN2O3. The Morgan fingerprint density at radius 2 is 1.90 bits per heavy atom. The van der Waals surface area contributed by atoms with E-state index in [4.69, 9.17) is 0 Å². The van der Waals surface area contributed by atoms with E-state index in [9.17, 15) is 19.6 Å². The van der Waals surface area contributed by atoms with Gasteiger partial charge in [-0.25, -0.2) is 4.39 Å². The number of aliphatic hydroxyl groups excluding tert-OH is 1. The smallest absolute Gasteiger partial charge is 0.295 e. The van der Waals surface area contributed by atoms with Gasteiger partial charge in [-0.05, 0) is 23.3 Å². The molecule has 0 fully saturated rings. The monoisotopic (exact) mass is 276 g/mol. The second kappa shape index (κ2) is 6.12. The van der Waals surface area contributed by atoms with E-state index < -0.39 is 10.7 Å². The van der Waals surface area contributed by atoms with E-state index in [1.54, 1.807) is 12.1 Å². The summed E-state index contributed by atoms with van der Waals surface area (Å²) >= 11 is 0. The van der Waals surface area contributed by atoms with Gasteiger partial charge in [0.25, 0.3) is 5.69 Å². The molecule has 5 nitrogen and oxygen atoms in total. The molecule has 0 aliphatic rings. The molecule has 0 unspecified atom stereocenters. The molecule has 104 valence electrons. The maximum atomic E-state index is 13.0. The van der Waals surface area contributed by atoms with Gasteiger partial charge in [0.05, 0.1) is 17.6 Å². The van der Waals surface area contributed by atoms with E-state index in [1.165, 1.54) is 6.07 Å². The SMILES string of the molecule is O=[N+]([O-])c1cc(F)ccc1NCc1ccccc1CO. The van der Waals surface area contributed by atoms with Gasteiger partial charge in [-0.3, -0.25) is 10.1 Å². The van der Waals surface area contributed by atoms with Crippen LogP contribution in [0.1, 0.15) is 11.1 Å². The highest BCUT2D eigenvalue weighted by atomic mass is 19.1. The van der Waals surface area contributed by atoms with E-state index >= 15 is 0 Å². The molecule has 2 rings (SSSR count). The zero-order valence-electron chi connectivity index (χ0n) is 10.5. The minimum atomic E-state index is -0.655. The highest BCUT2D eigenvalue weighted by Crippen LogP contribution is 2.25. The Morgan fingerprint density at radius 1 is 1.20 bits per heavy atom. The van der Waals surface area contributed by atoms with Gasteiger partial charge in [0.15, 0.2) is 0 Å². The van der Waals surface area contributed by atoms with Crippen molar-refractivity contribution >= 4 is 11.4 Å². The Bertz CT molecular complexity index is 632. The molecule has 6 heteroatoms. The Hall–Kier alpha value is -2.47.